The van der Waals surface area contributed by atoms with Crippen LogP contribution in [0.5, 0.6) is 0 Å². The highest BCUT2D eigenvalue weighted by molar-refractivity contribution is 5.59. The molecule has 0 unspecified atom stereocenters. The van der Waals surface area contributed by atoms with Gasteiger partial charge in [-0.1, -0.05) is 35.0 Å². The SMILES string of the molecule is C/C=N/N1CCN(CCc2cc(-c3ccc(C)cc3)no2)CC1. The van der Waals surface area contributed by atoms with E-state index in [4.69, 9.17) is 4.52 Å². The molecule has 2 aromatic rings. The maximum absolute atomic E-state index is 5.49. The molecule has 0 amide bonds. The summed E-state index contributed by atoms with van der Waals surface area (Å²) in [5.41, 5.74) is 3.28. The molecule has 1 aliphatic heterocycles. The van der Waals surface area contributed by atoms with Crippen LogP contribution in [0.4, 0.5) is 0 Å². The van der Waals surface area contributed by atoms with Crippen LogP contribution in [0.2, 0.25) is 0 Å². The van der Waals surface area contributed by atoms with Crippen molar-refractivity contribution in [2.24, 2.45) is 5.10 Å². The van der Waals surface area contributed by atoms with E-state index in [9.17, 15) is 0 Å². The maximum Gasteiger partial charge on any atom is 0.138 e. The van der Waals surface area contributed by atoms with Gasteiger partial charge in [0.15, 0.2) is 0 Å². The van der Waals surface area contributed by atoms with Crippen LogP contribution in [0, 0.1) is 6.92 Å². The summed E-state index contributed by atoms with van der Waals surface area (Å²) in [5, 5.41) is 10.7. The number of rotatable bonds is 5. The summed E-state index contributed by atoms with van der Waals surface area (Å²) in [7, 11) is 0. The Balaban J connectivity index is 1.51. The second-order valence-corrected chi connectivity index (χ2v) is 5.96. The Hall–Kier alpha value is -2.14. The van der Waals surface area contributed by atoms with Crippen LogP contribution in [-0.4, -0.2) is 54.0 Å². The van der Waals surface area contributed by atoms with Gasteiger partial charge in [0.2, 0.25) is 0 Å². The van der Waals surface area contributed by atoms with Crippen LogP contribution in [-0.2, 0) is 6.42 Å². The molecule has 5 heteroatoms. The molecule has 0 bridgehead atoms. The van der Waals surface area contributed by atoms with Crippen molar-refractivity contribution in [1.82, 2.24) is 15.1 Å². The molecule has 0 aliphatic carbocycles. The fourth-order valence-corrected chi connectivity index (χ4v) is 2.80. The summed E-state index contributed by atoms with van der Waals surface area (Å²) in [5.74, 6) is 0.953. The fraction of sp³-hybridized carbons (Fsp3) is 0.444. The summed E-state index contributed by atoms with van der Waals surface area (Å²) in [4.78, 5) is 2.45. The quantitative estimate of drug-likeness (QED) is 0.796. The third-order valence-corrected chi connectivity index (χ3v) is 4.21. The third kappa shape index (κ3) is 4.20. The molecule has 1 aromatic heterocycles. The summed E-state index contributed by atoms with van der Waals surface area (Å²) in [6.45, 7) is 9.15. The smallest absolute Gasteiger partial charge is 0.138 e. The number of hydrogen-bond acceptors (Lipinski definition) is 5. The van der Waals surface area contributed by atoms with E-state index in [1.54, 1.807) is 0 Å². The van der Waals surface area contributed by atoms with Crippen molar-refractivity contribution in [3.63, 3.8) is 0 Å². The number of benzene rings is 1. The summed E-state index contributed by atoms with van der Waals surface area (Å²) >= 11 is 0. The van der Waals surface area contributed by atoms with Gasteiger partial charge in [-0.15, -0.1) is 0 Å². The largest absolute Gasteiger partial charge is 0.361 e. The van der Waals surface area contributed by atoms with E-state index in [0.29, 0.717) is 0 Å². The van der Waals surface area contributed by atoms with Gasteiger partial charge >= 0.3 is 0 Å². The van der Waals surface area contributed by atoms with Crippen LogP contribution >= 0.6 is 0 Å². The summed E-state index contributed by atoms with van der Waals surface area (Å²) in [6.07, 6.45) is 2.76. The van der Waals surface area contributed by atoms with E-state index in [-0.39, 0.29) is 0 Å². The normalized spacial score (nSPS) is 16.3. The highest BCUT2D eigenvalue weighted by atomic mass is 16.5. The predicted octanol–water partition coefficient (Wildman–Crippen LogP) is 2.82. The third-order valence-electron chi connectivity index (χ3n) is 4.21. The number of nitrogens with zero attached hydrogens (tertiary/aromatic N) is 4. The van der Waals surface area contributed by atoms with E-state index >= 15 is 0 Å². The van der Waals surface area contributed by atoms with Crippen molar-refractivity contribution in [2.45, 2.75) is 20.3 Å². The van der Waals surface area contributed by atoms with Crippen molar-refractivity contribution < 1.29 is 4.52 Å². The van der Waals surface area contributed by atoms with E-state index in [2.05, 4.69) is 57.4 Å². The van der Waals surface area contributed by atoms with Gasteiger partial charge in [0.05, 0.1) is 0 Å². The minimum absolute atomic E-state index is 0.899. The number of piperazine rings is 1. The van der Waals surface area contributed by atoms with Gasteiger partial charge in [-0.2, -0.15) is 5.10 Å². The van der Waals surface area contributed by atoms with Gasteiger partial charge < -0.3 is 4.52 Å². The molecule has 122 valence electrons. The average molecular weight is 312 g/mol. The van der Waals surface area contributed by atoms with Crippen LogP contribution < -0.4 is 0 Å². The first-order valence-corrected chi connectivity index (χ1v) is 8.23. The molecule has 2 heterocycles. The molecule has 23 heavy (non-hydrogen) atoms. The second-order valence-electron chi connectivity index (χ2n) is 5.96. The number of aromatic nitrogens is 1. The molecule has 0 radical (unpaired) electrons. The first-order chi connectivity index (χ1) is 11.2. The molecule has 1 fully saturated rings. The van der Waals surface area contributed by atoms with Crippen LogP contribution in [0.1, 0.15) is 18.2 Å². The highest BCUT2D eigenvalue weighted by Gasteiger charge is 2.15. The first-order valence-electron chi connectivity index (χ1n) is 8.23. The maximum atomic E-state index is 5.49. The monoisotopic (exact) mass is 312 g/mol. The van der Waals surface area contributed by atoms with E-state index < -0.39 is 0 Å². The van der Waals surface area contributed by atoms with Crippen molar-refractivity contribution in [3.05, 3.63) is 41.7 Å². The van der Waals surface area contributed by atoms with Crippen LogP contribution in [0.15, 0.2) is 40.0 Å². The molecule has 0 spiro atoms. The summed E-state index contributed by atoms with van der Waals surface area (Å²) < 4.78 is 5.49. The Morgan fingerprint density at radius 2 is 1.91 bits per heavy atom. The van der Waals surface area contributed by atoms with Crippen molar-refractivity contribution >= 4 is 6.21 Å². The van der Waals surface area contributed by atoms with E-state index in [1.807, 2.05) is 13.1 Å². The highest BCUT2D eigenvalue weighted by Crippen LogP contribution is 2.20. The minimum Gasteiger partial charge on any atom is -0.361 e. The molecule has 0 N–H and O–H groups in total. The van der Waals surface area contributed by atoms with Gasteiger partial charge in [-0.25, -0.2) is 0 Å². The summed E-state index contributed by atoms with van der Waals surface area (Å²) in [6, 6.07) is 10.4. The molecule has 5 nitrogen and oxygen atoms in total. The topological polar surface area (TPSA) is 44.9 Å². The van der Waals surface area contributed by atoms with Gasteiger partial charge in [-0.3, -0.25) is 9.91 Å². The fourth-order valence-electron chi connectivity index (χ4n) is 2.80. The van der Waals surface area contributed by atoms with E-state index in [0.717, 1.165) is 56.2 Å². The lowest BCUT2D eigenvalue weighted by atomic mass is 10.1. The lowest BCUT2D eigenvalue weighted by Gasteiger charge is -2.32. The molecular weight excluding hydrogens is 288 g/mol. The average Bonchev–Trinajstić information content (AvgIpc) is 3.04. The second kappa shape index (κ2) is 7.42. The molecule has 0 atom stereocenters. The molecule has 0 saturated carbocycles. The minimum atomic E-state index is 0.899. The molecule has 1 aliphatic rings. The Bertz CT molecular complexity index is 639. The Kier molecular flexibility index (Phi) is 5.08. The van der Waals surface area contributed by atoms with Crippen LogP contribution in [0.3, 0.4) is 0 Å². The van der Waals surface area contributed by atoms with Gasteiger partial charge in [0.25, 0.3) is 0 Å². The van der Waals surface area contributed by atoms with Crippen molar-refractivity contribution in [3.8, 4) is 11.3 Å². The molecule has 1 aromatic carbocycles. The lowest BCUT2D eigenvalue weighted by Crippen LogP contribution is -2.44. The number of hydrogen-bond donors (Lipinski definition) is 0. The van der Waals surface area contributed by atoms with Crippen LogP contribution in [0.25, 0.3) is 11.3 Å². The Morgan fingerprint density at radius 3 is 2.61 bits per heavy atom. The number of aryl methyl sites for hydroxylation is 1. The van der Waals surface area contributed by atoms with Gasteiger partial charge in [0.1, 0.15) is 11.5 Å². The number of hydrazone groups is 1. The van der Waals surface area contributed by atoms with Gasteiger partial charge in [0, 0.05) is 57.0 Å². The predicted molar refractivity (Wildman–Crippen MR) is 92.6 cm³/mol. The van der Waals surface area contributed by atoms with Crippen molar-refractivity contribution in [2.75, 3.05) is 32.7 Å². The zero-order valence-corrected chi connectivity index (χ0v) is 13.9. The Morgan fingerprint density at radius 1 is 1.17 bits per heavy atom. The molecular formula is C18H24N4O. The first kappa shape index (κ1) is 15.7. The molecule has 1 saturated heterocycles. The zero-order chi connectivity index (χ0) is 16.1. The van der Waals surface area contributed by atoms with Crippen molar-refractivity contribution in [1.29, 1.82) is 0 Å². The molecule has 3 rings (SSSR count). The standard InChI is InChI=1S/C18H24N4O/c1-3-19-22-12-10-21(11-13-22)9-8-17-14-18(20-23-17)16-6-4-15(2)5-7-16/h3-7,14H,8-13H2,1-2H3/b19-3+. The van der Waals surface area contributed by atoms with E-state index in [1.165, 1.54) is 5.56 Å². The van der Waals surface area contributed by atoms with Gasteiger partial charge in [-0.05, 0) is 13.8 Å². The lowest BCUT2D eigenvalue weighted by molar-refractivity contribution is 0.135. The zero-order valence-electron chi connectivity index (χ0n) is 13.9. The Labute approximate surface area is 137 Å².